The Kier molecular flexibility index (Phi) is 6.06. The first-order valence-corrected chi connectivity index (χ1v) is 10.4. The SMILES string of the molecule is COc1cc(C=NNC(=O)c2nc3nc(-c4ccc(Cl)cc4)cc(C)n3n2)cc(Br)c1O. The van der Waals surface area contributed by atoms with Crippen LogP contribution in [0.4, 0.5) is 0 Å². The number of nitrogens with one attached hydrogen (secondary N) is 1. The second kappa shape index (κ2) is 8.93. The molecule has 162 valence electrons. The molecule has 0 aliphatic heterocycles. The molecule has 1 amide bonds. The molecule has 4 aromatic rings. The maximum absolute atomic E-state index is 12.5. The quantitative estimate of drug-likeness (QED) is 0.307. The Morgan fingerprint density at radius 2 is 2.00 bits per heavy atom. The summed E-state index contributed by atoms with van der Waals surface area (Å²) in [6.45, 7) is 1.85. The number of carbonyl (C=O) groups excluding carboxylic acids is 1. The van der Waals surface area contributed by atoms with E-state index >= 15 is 0 Å². The minimum absolute atomic E-state index is 0.0246. The Balaban J connectivity index is 1.55. The standard InChI is InChI=1S/C21H16BrClN6O3/c1-11-7-16(13-3-5-14(23)6-4-13)25-21-26-19(28-29(11)21)20(31)27-24-10-12-8-15(22)18(30)17(9-12)32-2/h3-10,30H,1-2H3,(H,27,31). The van der Waals surface area contributed by atoms with Crippen LogP contribution < -0.4 is 10.2 Å². The van der Waals surface area contributed by atoms with E-state index in [4.69, 9.17) is 16.3 Å². The van der Waals surface area contributed by atoms with Crippen molar-refractivity contribution in [2.24, 2.45) is 5.10 Å². The van der Waals surface area contributed by atoms with Gasteiger partial charge in [-0.15, -0.1) is 5.10 Å². The van der Waals surface area contributed by atoms with Crippen LogP contribution in [-0.4, -0.2) is 43.9 Å². The van der Waals surface area contributed by atoms with Crippen LogP contribution in [0.25, 0.3) is 17.0 Å². The number of aromatic hydroxyl groups is 1. The maximum Gasteiger partial charge on any atom is 0.311 e. The molecule has 0 saturated heterocycles. The highest BCUT2D eigenvalue weighted by Gasteiger charge is 2.16. The normalized spacial score (nSPS) is 11.2. The van der Waals surface area contributed by atoms with Crippen LogP contribution in [0.1, 0.15) is 21.9 Å². The van der Waals surface area contributed by atoms with Crippen molar-refractivity contribution < 1.29 is 14.6 Å². The number of aryl methyl sites for hydroxylation is 1. The number of phenolic OH excluding ortho intramolecular Hbond substituents is 1. The van der Waals surface area contributed by atoms with E-state index in [1.165, 1.54) is 17.8 Å². The fourth-order valence-corrected chi connectivity index (χ4v) is 3.50. The molecule has 0 aliphatic rings. The van der Waals surface area contributed by atoms with E-state index < -0.39 is 5.91 Å². The Morgan fingerprint density at radius 3 is 2.72 bits per heavy atom. The monoisotopic (exact) mass is 514 g/mol. The molecule has 0 radical (unpaired) electrons. The minimum Gasteiger partial charge on any atom is -0.503 e. The van der Waals surface area contributed by atoms with Crippen LogP contribution in [-0.2, 0) is 0 Å². The number of benzene rings is 2. The Bertz CT molecular complexity index is 1350. The Morgan fingerprint density at radius 1 is 1.25 bits per heavy atom. The molecule has 0 atom stereocenters. The average Bonchev–Trinajstić information content (AvgIpc) is 3.21. The molecular weight excluding hydrogens is 500 g/mol. The summed E-state index contributed by atoms with van der Waals surface area (Å²) >= 11 is 9.18. The third-order valence-corrected chi connectivity index (χ3v) is 5.34. The summed E-state index contributed by atoms with van der Waals surface area (Å²) in [6.07, 6.45) is 1.41. The minimum atomic E-state index is -0.594. The lowest BCUT2D eigenvalue weighted by atomic mass is 10.1. The van der Waals surface area contributed by atoms with Gasteiger partial charge in [0.15, 0.2) is 11.5 Å². The van der Waals surface area contributed by atoms with Crippen molar-refractivity contribution in [3.8, 4) is 22.8 Å². The molecule has 11 heteroatoms. The molecule has 2 aromatic carbocycles. The average molecular weight is 516 g/mol. The number of nitrogens with zero attached hydrogens (tertiary/aromatic N) is 5. The molecule has 0 bridgehead atoms. The van der Waals surface area contributed by atoms with Gasteiger partial charge in [-0.05, 0) is 58.7 Å². The first-order chi connectivity index (χ1) is 15.4. The van der Waals surface area contributed by atoms with Gasteiger partial charge in [0.2, 0.25) is 5.82 Å². The van der Waals surface area contributed by atoms with Gasteiger partial charge in [0, 0.05) is 16.3 Å². The number of aromatic nitrogens is 4. The van der Waals surface area contributed by atoms with E-state index in [2.05, 4.69) is 41.5 Å². The molecule has 4 rings (SSSR count). The lowest BCUT2D eigenvalue weighted by Crippen LogP contribution is -2.19. The van der Waals surface area contributed by atoms with Gasteiger partial charge in [0.1, 0.15) is 0 Å². The molecule has 0 spiro atoms. The molecule has 9 nitrogen and oxygen atoms in total. The number of hydrogen-bond donors (Lipinski definition) is 2. The number of fused-ring (bicyclic) bond motifs is 1. The van der Waals surface area contributed by atoms with Crippen molar-refractivity contribution >= 4 is 45.4 Å². The number of halogens is 2. The number of amides is 1. The highest BCUT2D eigenvalue weighted by Crippen LogP contribution is 2.34. The summed E-state index contributed by atoms with van der Waals surface area (Å²) in [7, 11) is 1.44. The van der Waals surface area contributed by atoms with Crippen LogP contribution in [0.3, 0.4) is 0 Å². The van der Waals surface area contributed by atoms with E-state index in [1.807, 2.05) is 25.1 Å². The molecule has 2 heterocycles. The second-order valence-electron chi connectivity index (χ2n) is 6.69. The van der Waals surface area contributed by atoms with Gasteiger partial charge in [-0.3, -0.25) is 4.79 Å². The van der Waals surface area contributed by atoms with Gasteiger partial charge in [-0.1, -0.05) is 23.7 Å². The van der Waals surface area contributed by atoms with Gasteiger partial charge >= 0.3 is 5.91 Å². The number of phenols is 1. The summed E-state index contributed by atoms with van der Waals surface area (Å²) in [4.78, 5) is 21.2. The fourth-order valence-electron chi connectivity index (χ4n) is 2.92. The molecule has 0 saturated carbocycles. The summed E-state index contributed by atoms with van der Waals surface area (Å²) in [5.41, 5.74) is 5.30. The van der Waals surface area contributed by atoms with Crippen molar-refractivity contribution in [3.63, 3.8) is 0 Å². The number of carbonyl (C=O) groups is 1. The zero-order valence-corrected chi connectivity index (χ0v) is 19.2. The van der Waals surface area contributed by atoms with Gasteiger partial charge in [-0.25, -0.2) is 14.9 Å². The predicted molar refractivity (Wildman–Crippen MR) is 123 cm³/mol. The smallest absolute Gasteiger partial charge is 0.311 e. The number of hydrazone groups is 1. The molecule has 0 aliphatic carbocycles. The lowest BCUT2D eigenvalue weighted by molar-refractivity contribution is 0.0945. The first-order valence-electron chi connectivity index (χ1n) is 9.26. The summed E-state index contributed by atoms with van der Waals surface area (Å²) in [5.74, 6) is -0.133. The molecule has 2 N–H and O–H groups in total. The number of methoxy groups -OCH3 is 1. The first kappa shape index (κ1) is 21.7. The number of rotatable bonds is 5. The van der Waals surface area contributed by atoms with Gasteiger partial charge in [0.05, 0.1) is 23.5 Å². The molecule has 0 unspecified atom stereocenters. The highest BCUT2D eigenvalue weighted by atomic mass is 79.9. The van der Waals surface area contributed by atoms with Crippen molar-refractivity contribution in [1.29, 1.82) is 0 Å². The predicted octanol–water partition coefficient (Wildman–Crippen LogP) is 3.99. The maximum atomic E-state index is 12.5. The van der Waals surface area contributed by atoms with Gasteiger partial charge in [0.25, 0.3) is 5.78 Å². The van der Waals surface area contributed by atoms with Gasteiger partial charge in [-0.2, -0.15) is 10.1 Å². The van der Waals surface area contributed by atoms with Crippen molar-refractivity contribution in [2.75, 3.05) is 7.11 Å². The zero-order valence-electron chi connectivity index (χ0n) is 16.9. The van der Waals surface area contributed by atoms with Crippen LogP contribution >= 0.6 is 27.5 Å². The van der Waals surface area contributed by atoms with E-state index in [9.17, 15) is 9.90 Å². The van der Waals surface area contributed by atoms with Crippen molar-refractivity contribution in [2.45, 2.75) is 6.92 Å². The second-order valence-corrected chi connectivity index (χ2v) is 7.98. The largest absolute Gasteiger partial charge is 0.503 e. The Labute approximate surface area is 195 Å². The molecule has 32 heavy (non-hydrogen) atoms. The van der Waals surface area contributed by atoms with Crippen LogP contribution in [0, 0.1) is 6.92 Å². The third kappa shape index (κ3) is 4.41. The topological polar surface area (TPSA) is 114 Å². The molecule has 0 fully saturated rings. The van der Waals surface area contributed by atoms with Crippen molar-refractivity contribution in [1.82, 2.24) is 25.0 Å². The zero-order chi connectivity index (χ0) is 22.8. The Hall–Kier alpha value is -3.50. The van der Waals surface area contributed by atoms with Crippen molar-refractivity contribution in [3.05, 3.63) is 69.0 Å². The summed E-state index contributed by atoms with van der Waals surface area (Å²) in [6, 6.07) is 12.3. The fraction of sp³-hybridized carbons (Fsp3) is 0.0952. The molecular formula is C21H16BrClN6O3. The third-order valence-electron chi connectivity index (χ3n) is 4.48. The van der Waals surface area contributed by atoms with E-state index in [0.29, 0.717) is 20.8 Å². The number of hydrogen-bond acceptors (Lipinski definition) is 7. The summed E-state index contributed by atoms with van der Waals surface area (Å²) in [5, 5.41) is 18.6. The highest BCUT2D eigenvalue weighted by molar-refractivity contribution is 9.10. The van der Waals surface area contributed by atoms with Gasteiger partial charge < -0.3 is 9.84 Å². The summed E-state index contributed by atoms with van der Waals surface area (Å²) < 4.78 is 7.01. The number of ether oxygens (including phenoxy) is 1. The van der Waals surface area contributed by atoms with Crippen LogP contribution in [0.15, 0.2) is 52.0 Å². The van der Waals surface area contributed by atoms with E-state index in [-0.39, 0.29) is 23.1 Å². The van der Waals surface area contributed by atoms with Crippen LogP contribution in [0.2, 0.25) is 5.02 Å². The lowest BCUT2D eigenvalue weighted by Gasteiger charge is -2.06. The van der Waals surface area contributed by atoms with E-state index in [0.717, 1.165) is 11.3 Å². The van der Waals surface area contributed by atoms with Crippen LogP contribution in [0.5, 0.6) is 11.5 Å². The molecule has 2 aromatic heterocycles. The van der Waals surface area contributed by atoms with E-state index in [1.54, 1.807) is 24.3 Å².